The minimum absolute atomic E-state index is 0.244. The van der Waals surface area contributed by atoms with Crippen molar-refractivity contribution < 1.29 is 8.42 Å². The lowest BCUT2D eigenvalue weighted by Crippen LogP contribution is -2.64. The van der Waals surface area contributed by atoms with Gasteiger partial charge in [0.15, 0.2) is 0 Å². The van der Waals surface area contributed by atoms with Gasteiger partial charge in [0.1, 0.15) is 10.7 Å². The van der Waals surface area contributed by atoms with E-state index in [1.807, 2.05) is 13.1 Å². The molecule has 1 N–H and O–H groups in total. The van der Waals surface area contributed by atoms with Crippen molar-refractivity contribution in [2.75, 3.05) is 38.1 Å². The first-order chi connectivity index (χ1) is 9.48. The van der Waals surface area contributed by atoms with E-state index in [1.54, 1.807) is 18.3 Å². The van der Waals surface area contributed by atoms with Gasteiger partial charge in [-0.05, 0) is 19.2 Å². The maximum atomic E-state index is 12.4. The van der Waals surface area contributed by atoms with Gasteiger partial charge >= 0.3 is 0 Å². The first-order valence-electron chi connectivity index (χ1n) is 6.53. The number of hydrogen-bond acceptors (Lipinski definition) is 5. The smallest absolute Gasteiger partial charge is 0.244 e. The molecule has 20 heavy (non-hydrogen) atoms. The van der Waals surface area contributed by atoms with E-state index in [4.69, 9.17) is 0 Å². The highest BCUT2D eigenvalue weighted by molar-refractivity contribution is 7.89. The van der Waals surface area contributed by atoms with E-state index in [2.05, 4.69) is 26.1 Å². The molecule has 0 aliphatic carbocycles. The molecule has 0 spiro atoms. The zero-order chi connectivity index (χ0) is 14.4. The van der Waals surface area contributed by atoms with E-state index in [0.717, 1.165) is 19.6 Å². The van der Waals surface area contributed by atoms with Gasteiger partial charge in [-0.1, -0.05) is 6.08 Å². The van der Waals surface area contributed by atoms with Crippen LogP contribution in [0.5, 0.6) is 0 Å². The van der Waals surface area contributed by atoms with Crippen LogP contribution in [0, 0.1) is 0 Å². The number of nitrogens with one attached hydrogen (secondary N) is 1. The number of sulfonamides is 1. The third-order valence-corrected chi connectivity index (χ3v) is 5.45. The summed E-state index contributed by atoms with van der Waals surface area (Å²) >= 11 is 0. The number of nitrogens with zero attached hydrogens (tertiary/aromatic N) is 3. The van der Waals surface area contributed by atoms with Crippen LogP contribution in [0.25, 0.3) is 0 Å². The van der Waals surface area contributed by atoms with Gasteiger partial charge in [0.25, 0.3) is 0 Å². The lowest BCUT2D eigenvalue weighted by molar-refractivity contribution is 0.225. The maximum absolute atomic E-state index is 12.4. The van der Waals surface area contributed by atoms with Gasteiger partial charge in [-0.2, -0.15) is 0 Å². The Balaban J connectivity index is 2.21. The minimum atomic E-state index is -3.52. The standard InChI is InChI=1S/C13H18N4O2S/c1-3-13-9-15-20(18,19)11-5-4-6-14-12(11)17(13)8-7-16(2)10-13/h3-6,15H,1,7-10H2,2H3/t13-/m1/s1. The second kappa shape index (κ2) is 4.54. The topological polar surface area (TPSA) is 65.5 Å². The molecule has 1 aromatic heterocycles. The lowest BCUT2D eigenvalue weighted by Gasteiger charge is -2.48. The summed E-state index contributed by atoms with van der Waals surface area (Å²) in [4.78, 5) is 8.80. The third kappa shape index (κ3) is 1.93. The normalized spacial score (nSPS) is 29.1. The SMILES string of the molecule is C=C[C@]12CNS(=O)(=O)c3cccnc3N1CCN(C)C2. The molecule has 1 fully saturated rings. The van der Waals surface area contributed by atoms with Crippen LogP contribution in [-0.2, 0) is 10.0 Å². The van der Waals surface area contributed by atoms with Crippen LogP contribution >= 0.6 is 0 Å². The zero-order valence-electron chi connectivity index (χ0n) is 11.4. The van der Waals surface area contributed by atoms with Crippen LogP contribution in [0.15, 0.2) is 35.9 Å². The average molecular weight is 294 g/mol. The third-order valence-electron chi connectivity index (χ3n) is 4.03. The number of pyridine rings is 1. The van der Waals surface area contributed by atoms with Gasteiger partial charge in [0.05, 0.1) is 5.54 Å². The van der Waals surface area contributed by atoms with Crippen molar-refractivity contribution in [3.8, 4) is 0 Å². The molecular weight excluding hydrogens is 276 g/mol. The number of rotatable bonds is 1. The number of fused-ring (bicyclic) bond motifs is 3. The van der Waals surface area contributed by atoms with Crippen LogP contribution in [0.1, 0.15) is 0 Å². The molecule has 0 bridgehead atoms. The summed E-state index contributed by atoms with van der Waals surface area (Å²) in [6.45, 7) is 6.54. The number of aromatic nitrogens is 1. The fraction of sp³-hybridized carbons (Fsp3) is 0.462. The Hall–Kier alpha value is -1.44. The molecule has 0 saturated carbocycles. The first-order valence-corrected chi connectivity index (χ1v) is 8.01. The summed E-state index contributed by atoms with van der Waals surface area (Å²) in [5, 5.41) is 0. The Labute approximate surface area is 119 Å². The van der Waals surface area contributed by atoms with Gasteiger partial charge in [0.2, 0.25) is 10.0 Å². The Kier molecular flexibility index (Phi) is 3.07. The zero-order valence-corrected chi connectivity index (χ0v) is 12.2. The molecular formula is C13H18N4O2S. The molecule has 1 aromatic rings. The van der Waals surface area contributed by atoms with Crippen molar-refractivity contribution in [3.63, 3.8) is 0 Å². The van der Waals surface area contributed by atoms with Crippen molar-refractivity contribution in [1.82, 2.24) is 14.6 Å². The fourth-order valence-electron chi connectivity index (χ4n) is 2.93. The monoisotopic (exact) mass is 294 g/mol. The second-order valence-electron chi connectivity index (χ2n) is 5.35. The Morgan fingerprint density at radius 2 is 2.30 bits per heavy atom. The number of piperazine rings is 1. The molecule has 2 aliphatic heterocycles. The van der Waals surface area contributed by atoms with Crippen molar-refractivity contribution in [2.24, 2.45) is 0 Å². The molecule has 0 aromatic carbocycles. The Morgan fingerprint density at radius 3 is 3.05 bits per heavy atom. The predicted octanol–water partition coefficient (Wildman–Crippen LogP) is 0.0501. The van der Waals surface area contributed by atoms with Crippen LogP contribution in [0.3, 0.4) is 0 Å². The number of likely N-dealkylation sites (N-methyl/N-ethyl adjacent to an activating group) is 1. The quantitative estimate of drug-likeness (QED) is 0.742. The van der Waals surface area contributed by atoms with E-state index in [9.17, 15) is 8.42 Å². The summed E-state index contributed by atoms with van der Waals surface area (Å²) in [5.74, 6) is 0.519. The second-order valence-corrected chi connectivity index (χ2v) is 7.08. The highest BCUT2D eigenvalue weighted by atomic mass is 32.2. The summed E-state index contributed by atoms with van der Waals surface area (Å²) in [5.41, 5.74) is -0.459. The van der Waals surface area contributed by atoms with Gasteiger partial charge < -0.3 is 9.80 Å². The van der Waals surface area contributed by atoms with Crippen LogP contribution in [0.4, 0.5) is 5.82 Å². The Morgan fingerprint density at radius 1 is 1.50 bits per heavy atom. The van der Waals surface area contributed by atoms with Gasteiger partial charge in [-0.25, -0.2) is 18.1 Å². The van der Waals surface area contributed by atoms with Gasteiger partial charge in [-0.15, -0.1) is 6.58 Å². The van der Waals surface area contributed by atoms with E-state index in [1.165, 1.54) is 0 Å². The first kappa shape index (κ1) is 13.5. The predicted molar refractivity (Wildman–Crippen MR) is 77.2 cm³/mol. The molecule has 6 nitrogen and oxygen atoms in total. The fourth-order valence-corrected chi connectivity index (χ4v) is 4.19. The lowest BCUT2D eigenvalue weighted by atomic mass is 9.94. The highest BCUT2D eigenvalue weighted by Gasteiger charge is 2.44. The number of anilines is 1. The van der Waals surface area contributed by atoms with Crippen molar-refractivity contribution >= 4 is 15.8 Å². The molecule has 3 rings (SSSR count). The van der Waals surface area contributed by atoms with Gasteiger partial charge in [-0.3, -0.25) is 0 Å². The molecule has 3 heterocycles. The van der Waals surface area contributed by atoms with Crippen molar-refractivity contribution in [1.29, 1.82) is 0 Å². The summed E-state index contributed by atoms with van der Waals surface area (Å²) in [6.07, 6.45) is 3.46. The van der Waals surface area contributed by atoms with E-state index < -0.39 is 15.6 Å². The van der Waals surface area contributed by atoms with Crippen LogP contribution in [-0.4, -0.2) is 57.1 Å². The maximum Gasteiger partial charge on any atom is 0.244 e. The average Bonchev–Trinajstić information content (AvgIpc) is 2.54. The molecule has 1 atom stereocenters. The largest absolute Gasteiger partial charge is 0.342 e. The summed E-state index contributed by atoms with van der Waals surface area (Å²) in [7, 11) is -1.49. The van der Waals surface area contributed by atoms with Crippen LogP contribution in [0.2, 0.25) is 0 Å². The van der Waals surface area contributed by atoms with Crippen molar-refractivity contribution in [2.45, 2.75) is 10.4 Å². The molecule has 0 amide bonds. The summed E-state index contributed by atoms with van der Waals surface area (Å²) < 4.78 is 27.4. The highest BCUT2D eigenvalue weighted by Crippen LogP contribution is 2.34. The molecule has 108 valence electrons. The molecule has 2 aliphatic rings. The summed E-state index contributed by atoms with van der Waals surface area (Å²) in [6, 6.07) is 3.25. The van der Waals surface area contributed by atoms with Gasteiger partial charge in [0, 0.05) is 32.4 Å². The molecule has 0 unspecified atom stereocenters. The van der Waals surface area contributed by atoms with E-state index >= 15 is 0 Å². The van der Waals surface area contributed by atoms with Crippen molar-refractivity contribution in [3.05, 3.63) is 31.0 Å². The molecule has 0 radical (unpaired) electrons. The Bertz CT molecular complexity index is 646. The minimum Gasteiger partial charge on any atom is -0.342 e. The van der Waals surface area contributed by atoms with E-state index in [-0.39, 0.29) is 4.90 Å². The number of hydrogen-bond donors (Lipinski definition) is 1. The molecule has 7 heteroatoms. The van der Waals surface area contributed by atoms with E-state index in [0.29, 0.717) is 12.4 Å². The van der Waals surface area contributed by atoms with Crippen LogP contribution < -0.4 is 9.62 Å². The molecule has 1 saturated heterocycles.